The Morgan fingerprint density at radius 2 is 1.90 bits per heavy atom. The van der Waals surface area contributed by atoms with Crippen LogP contribution in [0.3, 0.4) is 0 Å². The van der Waals surface area contributed by atoms with Gasteiger partial charge in [-0.1, -0.05) is 41.9 Å². The van der Waals surface area contributed by atoms with E-state index in [0.29, 0.717) is 28.7 Å². The number of anilines is 1. The number of halogens is 2. The third kappa shape index (κ3) is 4.62. The molecule has 3 heterocycles. The average Bonchev–Trinajstić information content (AvgIpc) is 3.69. The van der Waals surface area contributed by atoms with Gasteiger partial charge in [-0.3, -0.25) is 19.9 Å². The van der Waals surface area contributed by atoms with Gasteiger partial charge in [0.25, 0.3) is 0 Å². The molecule has 8 nitrogen and oxygen atoms in total. The molecular weight excluding hydrogens is 557 g/mol. The van der Waals surface area contributed by atoms with Gasteiger partial charge >= 0.3 is 6.03 Å². The third-order valence-electron chi connectivity index (χ3n) is 8.58. The Bertz CT molecular complexity index is 1720. The largest absolute Gasteiger partial charge is 0.489 e. The van der Waals surface area contributed by atoms with Crippen molar-refractivity contribution in [2.45, 2.75) is 45.0 Å². The van der Waals surface area contributed by atoms with Gasteiger partial charge < -0.3 is 9.30 Å². The average molecular weight is 586 g/mol. The molecule has 214 valence electrons. The van der Waals surface area contributed by atoms with E-state index in [9.17, 15) is 14.0 Å². The molecule has 3 aromatic carbocycles. The van der Waals surface area contributed by atoms with E-state index in [2.05, 4.69) is 40.5 Å². The Morgan fingerprint density at radius 3 is 2.74 bits per heavy atom. The van der Waals surface area contributed by atoms with E-state index in [1.54, 1.807) is 23.2 Å². The van der Waals surface area contributed by atoms with Crippen molar-refractivity contribution in [1.82, 2.24) is 19.8 Å². The summed E-state index contributed by atoms with van der Waals surface area (Å²) in [4.78, 5) is 32.8. The summed E-state index contributed by atoms with van der Waals surface area (Å²) >= 11 is 6.17. The van der Waals surface area contributed by atoms with Crippen LogP contribution in [0.5, 0.6) is 5.75 Å². The number of aromatic nitrogens is 2. The summed E-state index contributed by atoms with van der Waals surface area (Å²) in [5, 5.41) is 2.74. The Morgan fingerprint density at radius 1 is 1.07 bits per heavy atom. The van der Waals surface area contributed by atoms with Gasteiger partial charge in [0.2, 0.25) is 5.91 Å². The van der Waals surface area contributed by atoms with Crippen molar-refractivity contribution < 1.29 is 18.7 Å². The van der Waals surface area contributed by atoms with Gasteiger partial charge in [-0.15, -0.1) is 0 Å². The Hall–Kier alpha value is -4.21. The zero-order valence-corrected chi connectivity index (χ0v) is 23.8. The number of carbonyl (C=O) groups excluding carboxylic acids is 2. The second-order valence-corrected chi connectivity index (χ2v) is 11.4. The van der Waals surface area contributed by atoms with Gasteiger partial charge in [-0.2, -0.15) is 0 Å². The van der Waals surface area contributed by atoms with Crippen LogP contribution >= 0.6 is 11.6 Å². The Labute approximate surface area is 247 Å². The van der Waals surface area contributed by atoms with Crippen LogP contribution < -0.4 is 15.0 Å². The third-order valence-corrected chi connectivity index (χ3v) is 8.94. The van der Waals surface area contributed by atoms with Crippen molar-refractivity contribution in [3.8, 4) is 17.1 Å². The minimum atomic E-state index is -0.419. The summed E-state index contributed by atoms with van der Waals surface area (Å²) in [7, 11) is 1.91. The van der Waals surface area contributed by atoms with Gasteiger partial charge in [-0.25, -0.2) is 14.2 Å². The molecule has 1 saturated heterocycles. The van der Waals surface area contributed by atoms with Crippen molar-refractivity contribution in [2.24, 2.45) is 7.05 Å². The van der Waals surface area contributed by atoms with E-state index in [4.69, 9.17) is 21.3 Å². The number of nitrogens with zero attached hydrogens (tertiary/aromatic N) is 4. The predicted octanol–water partition coefficient (Wildman–Crippen LogP) is 5.91. The van der Waals surface area contributed by atoms with Crippen LogP contribution in [0, 0.1) is 5.82 Å². The van der Waals surface area contributed by atoms with Crippen molar-refractivity contribution in [3.05, 3.63) is 99.5 Å². The molecule has 2 aliphatic heterocycles. The number of imide groups is 1. The lowest BCUT2D eigenvalue weighted by molar-refractivity contribution is -0.120. The monoisotopic (exact) mass is 585 g/mol. The lowest BCUT2D eigenvalue weighted by Crippen LogP contribution is -2.50. The van der Waals surface area contributed by atoms with Crippen LogP contribution in [-0.4, -0.2) is 32.9 Å². The Kier molecular flexibility index (Phi) is 6.71. The zero-order chi connectivity index (χ0) is 29.0. The number of hydrogen-bond donors (Lipinski definition) is 1. The highest BCUT2D eigenvalue weighted by molar-refractivity contribution is 6.31. The first-order valence-corrected chi connectivity index (χ1v) is 14.4. The van der Waals surface area contributed by atoms with E-state index in [1.165, 1.54) is 28.3 Å². The minimum Gasteiger partial charge on any atom is -0.489 e. The van der Waals surface area contributed by atoms with Crippen molar-refractivity contribution in [1.29, 1.82) is 0 Å². The molecule has 3 aliphatic rings. The number of imidazole rings is 1. The maximum Gasteiger partial charge on any atom is 0.329 e. The maximum atomic E-state index is 14.2. The van der Waals surface area contributed by atoms with E-state index in [1.807, 2.05) is 17.7 Å². The van der Waals surface area contributed by atoms with Gasteiger partial charge in [0.1, 0.15) is 29.8 Å². The molecule has 3 amide bonds. The molecule has 0 bridgehead atoms. The first-order chi connectivity index (χ1) is 20.4. The van der Waals surface area contributed by atoms with Crippen LogP contribution in [0.25, 0.3) is 11.4 Å². The molecule has 1 fully saturated rings. The smallest absolute Gasteiger partial charge is 0.329 e. The molecule has 0 spiro atoms. The van der Waals surface area contributed by atoms with Crippen molar-refractivity contribution >= 4 is 29.4 Å². The fourth-order valence-electron chi connectivity index (χ4n) is 6.44. The van der Waals surface area contributed by atoms with Crippen molar-refractivity contribution in [2.75, 3.05) is 11.4 Å². The van der Waals surface area contributed by atoms with Gasteiger partial charge in [0, 0.05) is 50.3 Å². The zero-order valence-electron chi connectivity index (χ0n) is 23.1. The lowest BCUT2D eigenvalue weighted by atomic mass is 10.0. The minimum absolute atomic E-state index is 0.0717. The second kappa shape index (κ2) is 10.6. The normalized spacial score (nSPS) is 18.3. The van der Waals surface area contributed by atoms with Gasteiger partial charge in [0.05, 0.1) is 11.2 Å². The molecule has 1 N–H and O–H groups in total. The number of rotatable bonds is 6. The summed E-state index contributed by atoms with van der Waals surface area (Å²) in [5.41, 5.74) is 6.48. The molecule has 1 aliphatic carbocycles. The molecule has 42 heavy (non-hydrogen) atoms. The molecule has 1 atom stereocenters. The van der Waals surface area contributed by atoms with Gasteiger partial charge in [0.15, 0.2) is 0 Å². The topological polar surface area (TPSA) is 79.7 Å². The molecule has 0 unspecified atom stereocenters. The number of urea groups is 1. The van der Waals surface area contributed by atoms with E-state index < -0.39 is 6.03 Å². The summed E-state index contributed by atoms with van der Waals surface area (Å²) in [5.74, 6) is 1.53. The van der Waals surface area contributed by atoms with E-state index >= 15 is 0 Å². The summed E-state index contributed by atoms with van der Waals surface area (Å²) in [6, 6.07) is 17.0. The van der Waals surface area contributed by atoms with Gasteiger partial charge in [-0.05, 0) is 59.4 Å². The highest BCUT2D eigenvalue weighted by Crippen LogP contribution is 2.44. The number of amides is 3. The second-order valence-electron chi connectivity index (χ2n) is 11.0. The molecule has 1 aromatic heterocycles. The molecule has 0 radical (unpaired) electrons. The SMILES string of the molecule is Cn1c(N2CCC(=O)NC2=O)cnc1-c1cccc2c1CC[C@@H]2N1Cc2ccc(OCc3c(F)cccc3Cl)cc2C1. The molecule has 10 heteroatoms. The van der Waals surface area contributed by atoms with Crippen molar-refractivity contribution in [3.63, 3.8) is 0 Å². The van der Waals surface area contributed by atoms with Crippen LogP contribution in [0.1, 0.15) is 46.7 Å². The van der Waals surface area contributed by atoms with Crippen LogP contribution in [0.4, 0.5) is 15.0 Å². The number of carbonyl (C=O) groups is 2. The summed E-state index contributed by atoms with van der Waals surface area (Å²) in [6.45, 7) is 2.05. The highest BCUT2D eigenvalue weighted by Gasteiger charge is 2.34. The van der Waals surface area contributed by atoms with Crippen LogP contribution in [-0.2, 0) is 38.0 Å². The van der Waals surface area contributed by atoms with Crippen LogP contribution in [0.2, 0.25) is 5.02 Å². The number of nitrogens with one attached hydrogen (secondary N) is 1. The number of benzene rings is 3. The summed E-state index contributed by atoms with van der Waals surface area (Å²) < 4.78 is 22.0. The summed E-state index contributed by atoms with van der Waals surface area (Å²) in [6.07, 6.45) is 3.90. The first-order valence-electron chi connectivity index (χ1n) is 14.0. The first kappa shape index (κ1) is 26.7. The fraction of sp³-hybridized carbons (Fsp3) is 0.281. The standard InChI is InChI=1S/C32H29ClFN5O3/c1-37-30(39-13-12-29(40)36-32(39)41)15-35-31(37)24-5-2-4-23-22(24)10-11-28(23)38-16-19-8-9-21(14-20(19)17-38)42-18-25-26(33)6-3-7-27(25)34/h2-9,14-15,28H,10-13,16-18H2,1H3,(H,36,40,41)/t28-/m0/s1. The number of hydrogen-bond acceptors (Lipinski definition) is 5. The van der Waals surface area contributed by atoms with E-state index in [-0.39, 0.29) is 30.8 Å². The van der Waals surface area contributed by atoms with E-state index in [0.717, 1.165) is 37.3 Å². The number of fused-ring (bicyclic) bond motifs is 2. The van der Waals surface area contributed by atoms with Crippen LogP contribution in [0.15, 0.2) is 60.8 Å². The molecule has 7 rings (SSSR count). The Balaban J connectivity index is 1.09. The lowest BCUT2D eigenvalue weighted by Gasteiger charge is -2.26. The quantitative estimate of drug-likeness (QED) is 0.304. The fourth-order valence-corrected chi connectivity index (χ4v) is 6.66. The maximum absolute atomic E-state index is 14.2. The number of ether oxygens (including phenoxy) is 1. The highest BCUT2D eigenvalue weighted by atomic mass is 35.5. The predicted molar refractivity (Wildman–Crippen MR) is 157 cm³/mol. The molecular formula is C32H29ClFN5O3. The molecule has 0 saturated carbocycles. The molecule has 4 aromatic rings.